The van der Waals surface area contributed by atoms with E-state index in [0.717, 1.165) is 0 Å². The molecule has 2 amide bonds. The number of amides is 2. The molecule has 1 N–H and O–H groups in total. The van der Waals surface area contributed by atoms with E-state index in [4.69, 9.17) is 4.74 Å². The summed E-state index contributed by atoms with van der Waals surface area (Å²) in [5, 5.41) is -0.626. The quantitative estimate of drug-likeness (QED) is 0.449. The van der Waals surface area contributed by atoms with E-state index in [1.165, 1.54) is 23.1 Å². The number of para-hydroxylation sites is 1. The summed E-state index contributed by atoms with van der Waals surface area (Å²) < 4.78 is 125. The summed E-state index contributed by atoms with van der Waals surface area (Å²) >= 11 is 0. The third kappa shape index (κ3) is 7.61. The average molecular weight is 579 g/mol. The molecule has 2 aliphatic rings. The molecule has 1 heterocycles. The van der Waals surface area contributed by atoms with Gasteiger partial charge in [0.1, 0.15) is 12.4 Å². The molecule has 214 valence electrons. The molecule has 1 aromatic carbocycles. The average Bonchev–Trinajstić information content (AvgIpc) is 3.67. The molecule has 1 saturated carbocycles. The molecule has 1 aromatic rings. The fourth-order valence-electron chi connectivity index (χ4n) is 3.77. The highest BCUT2D eigenvalue weighted by molar-refractivity contribution is 7.90. The summed E-state index contributed by atoms with van der Waals surface area (Å²) in [6.07, 6.45) is -16.9. The van der Waals surface area contributed by atoms with Crippen LogP contribution in [0.5, 0.6) is 5.75 Å². The van der Waals surface area contributed by atoms with E-state index in [2.05, 4.69) is 4.74 Å². The summed E-state index contributed by atoms with van der Waals surface area (Å²) in [7, 11) is -3.79. The topological polar surface area (TPSA) is 105 Å². The Balaban J connectivity index is 1.61. The van der Waals surface area contributed by atoms with Crippen molar-refractivity contribution in [3.63, 3.8) is 0 Å². The summed E-state index contributed by atoms with van der Waals surface area (Å²) in [6, 6.07) is 4.98. The predicted molar refractivity (Wildman–Crippen MR) is 116 cm³/mol. The van der Waals surface area contributed by atoms with Crippen LogP contribution in [-0.4, -0.2) is 93.4 Å². The normalized spacial score (nSPS) is 18.3. The summed E-state index contributed by atoms with van der Waals surface area (Å²) in [4.78, 5) is 26.2. The van der Waals surface area contributed by atoms with Gasteiger partial charge in [-0.1, -0.05) is 18.2 Å². The summed E-state index contributed by atoms with van der Waals surface area (Å²) in [5.74, 6) is -0.860. The Morgan fingerprint density at radius 3 is 2.11 bits per heavy atom. The maximum atomic E-state index is 14.1. The van der Waals surface area contributed by atoms with Crippen molar-refractivity contribution in [2.75, 3.05) is 39.5 Å². The zero-order valence-electron chi connectivity index (χ0n) is 19.6. The zero-order chi connectivity index (χ0) is 28.3. The number of ether oxygens (including phenoxy) is 2. The van der Waals surface area contributed by atoms with Gasteiger partial charge in [-0.05, 0) is 18.9 Å². The molecule has 17 heteroatoms. The maximum Gasteiger partial charge on any atom is 0.434 e. The van der Waals surface area contributed by atoms with Crippen molar-refractivity contribution >= 4 is 22.0 Å². The van der Waals surface area contributed by atoms with Crippen molar-refractivity contribution < 1.29 is 58.2 Å². The van der Waals surface area contributed by atoms with Crippen LogP contribution in [0.2, 0.25) is 0 Å². The second-order valence-electron chi connectivity index (χ2n) is 8.64. The minimum Gasteiger partial charge on any atom is -0.483 e. The number of rotatable bonds is 9. The number of carbonyl (C=O) groups excluding carboxylic acids is 2. The minimum atomic E-state index is -5.85. The van der Waals surface area contributed by atoms with Crippen LogP contribution in [0.1, 0.15) is 24.4 Å². The predicted octanol–water partition coefficient (Wildman–Crippen LogP) is 2.93. The number of halogens is 7. The highest BCUT2D eigenvalue weighted by Gasteiger charge is 2.60. The first kappa shape index (κ1) is 29.7. The van der Waals surface area contributed by atoms with E-state index in [-0.39, 0.29) is 37.5 Å². The second kappa shape index (κ2) is 11.5. The van der Waals surface area contributed by atoms with Crippen LogP contribution >= 0.6 is 0 Å². The zero-order valence-corrected chi connectivity index (χ0v) is 20.4. The number of nitrogens with zero attached hydrogens (tertiary/aromatic N) is 2. The van der Waals surface area contributed by atoms with Gasteiger partial charge in [0.2, 0.25) is 10.0 Å². The lowest BCUT2D eigenvalue weighted by Crippen LogP contribution is -2.53. The van der Waals surface area contributed by atoms with Gasteiger partial charge in [-0.15, -0.1) is 0 Å². The lowest BCUT2D eigenvalue weighted by atomic mass is 10.0. The molecule has 0 aromatic heterocycles. The van der Waals surface area contributed by atoms with E-state index in [0.29, 0.717) is 17.7 Å². The SMILES string of the molecule is O=C(COc1ccccc1C(CF)N1CCN(C(=O)OC(C(F)(F)F)C(F)(F)F)CC1)NS(=O)(=O)C1CC1. The van der Waals surface area contributed by atoms with Crippen molar-refractivity contribution in [1.29, 1.82) is 0 Å². The lowest BCUT2D eigenvalue weighted by Gasteiger charge is -2.38. The number of carbonyl (C=O) groups is 2. The summed E-state index contributed by atoms with van der Waals surface area (Å²) in [5.41, 5.74) is 0.262. The van der Waals surface area contributed by atoms with E-state index < -0.39 is 65.1 Å². The molecule has 9 nitrogen and oxygen atoms in total. The van der Waals surface area contributed by atoms with Crippen molar-refractivity contribution in [3.8, 4) is 5.75 Å². The van der Waals surface area contributed by atoms with E-state index in [9.17, 15) is 48.7 Å². The second-order valence-corrected chi connectivity index (χ2v) is 10.6. The Kier molecular flexibility index (Phi) is 9.00. The molecule has 0 radical (unpaired) electrons. The fourth-order valence-corrected chi connectivity index (χ4v) is 5.07. The van der Waals surface area contributed by atoms with Crippen molar-refractivity contribution in [2.24, 2.45) is 0 Å². The molecule has 0 bridgehead atoms. The van der Waals surface area contributed by atoms with Crippen molar-refractivity contribution in [3.05, 3.63) is 29.8 Å². The highest BCUT2D eigenvalue weighted by Crippen LogP contribution is 2.36. The van der Waals surface area contributed by atoms with Gasteiger partial charge in [0, 0.05) is 31.7 Å². The largest absolute Gasteiger partial charge is 0.483 e. The Hall–Kier alpha value is -2.82. The van der Waals surface area contributed by atoms with Crippen LogP contribution in [0.4, 0.5) is 35.5 Å². The number of hydrogen-bond acceptors (Lipinski definition) is 7. The fraction of sp³-hybridized carbons (Fsp3) is 0.619. The molecule has 3 rings (SSSR count). The van der Waals surface area contributed by atoms with Gasteiger partial charge in [0.15, 0.2) is 6.61 Å². The van der Waals surface area contributed by atoms with Crippen molar-refractivity contribution in [1.82, 2.24) is 14.5 Å². The molecule has 2 fully saturated rings. The van der Waals surface area contributed by atoms with Gasteiger partial charge in [-0.2, -0.15) is 26.3 Å². The van der Waals surface area contributed by atoms with Crippen LogP contribution in [0.15, 0.2) is 24.3 Å². The van der Waals surface area contributed by atoms with Crippen LogP contribution < -0.4 is 9.46 Å². The van der Waals surface area contributed by atoms with Gasteiger partial charge in [0.05, 0.1) is 11.3 Å². The molecule has 1 aliphatic heterocycles. The number of benzene rings is 1. The minimum absolute atomic E-state index is 0.0640. The van der Waals surface area contributed by atoms with E-state index in [1.807, 2.05) is 4.72 Å². The number of alkyl halides is 7. The van der Waals surface area contributed by atoms with Gasteiger partial charge in [-0.25, -0.2) is 22.3 Å². The highest BCUT2D eigenvalue weighted by atomic mass is 32.2. The first-order valence-electron chi connectivity index (χ1n) is 11.3. The summed E-state index contributed by atoms with van der Waals surface area (Å²) in [6.45, 7) is -2.61. The third-order valence-corrected chi connectivity index (χ3v) is 7.69. The van der Waals surface area contributed by atoms with Crippen LogP contribution in [-0.2, 0) is 19.6 Å². The number of sulfonamides is 1. The standard InChI is InChI=1S/C21H24F7N3O6S/c22-11-15(14-3-1-2-4-16(14)36-12-17(32)29-38(34,35)13-5-6-13)30-7-9-31(10-8-30)19(33)37-18(20(23,24)25)21(26,27)28/h1-4,13,15,18H,5-12H2,(H,29,32). The maximum absolute atomic E-state index is 14.1. The number of piperazine rings is 1. The smallest absolute Gasteiger partial charge is 0.434 e. The van der Waals surface area contributed by atoms with Crippen LogP contribution in [0.25, 0.3) is 0 Å². The Labute approximate surface area is 212 Å². The van der Waals surface area contributed by atoms with Gasteiger partial charge >= 0.3 is 18.4 Å². The Bertz CT molecular complexity index is 1090. The Morgan fingerprint density at radius 2 is 1.58 bits per heavy atom. The molecule has 1 aliphatic carbocycles. The van der Waals surface area contributed by atoms with Crippen LogP contribution in [0.3, 0.4) is 0 Å². The molecule has 0 spiro atoms. The molecule has 1 atom stereocenters. The molecular weight excluding hydrogens is 555 g/mol. The molecule has 1 saturated heterocycles. The van der Waals surface area contributed by atoms with Crippen molar-refractivity contribution in [2.45, 2.75) is 42.6 Å². The number of nitrogens with one attached hydrogen (secondary N) is 1. The van der Waals surface area contributed by atoms with E-state index in [1.54, 1.807) is 6.07 Å². The van der Waals surface area contributed by atoms with E-state index >= 15 is 0 Å². The molecule has 1 unspecified atom stereocenters. The van der Waals surface area contributed by atoms with Crippen LogP contribution in [0, 0.1) is 0 Å². The number of hydrogen-bond donors (Lipinski definition) is 1. The first-order valence-corrected chi connectivity index (χ1v) is 12.8. The third-order valence-electron chi connectivity index (χ3n) is 5.83. The van der Waals surface area contributed by atoms with Gasteiger partial charge in [-0.3, -0.25) is 9.69 Å². The Morgan fingerprint density at radius 1 is 1.00 bits per heavy atom. The first-order chi connectivity index (χ1) is 17.6. The monoisotopic (exact) mass is 579 g/mol. The molecular formula is C21H24F7N3O6S. The lowest BCUT2D eigenvalue weighted by molar-refractivity contribution is -0.308. The van der Waals surface area contributed by atoms with Gasteiger partial charge < -0.3 is 14.4 Å². The molecule has 38 heavy (non-hydrogen) atoms. The van der Waals surface area contributed by atoms with Gasteiger partial charge in [0.25, 0.3) is 12.0 Å².